The van der Waals surface area contributed by atoms with Crippen LogP contribution in [0.1, 0.15) is 39.0 Å². The van der Waals surface area contributed by atoms with Crippen molar-refractivity contribution in [3.8, 4) is 0 Å². The fraction of sp³-hybridized carbons (Fsp3) is 1.00. The monoisotopic (exact) mass is 360 g/mol. The Hall–Kier alpha value is 0.0169. The Bertz CT molecular complexity index is 335. The number of rotatable bonds is 16. The molecule has 2 heterocycles. The number of ether oxygens (including phenoxy) is 4. The second kappa shape index (κ2) is 10.9. The number of unbranched alkanes of at least 4 members (excludes halogenated alkanes) is 2. The normalized spacial score (nSPS) is 26.1. The zero-order valence-corrected chi connectivity index (χ0v) is 16.8. The molecule has 2 aliphatic rings. The molecule has 4 atom stereocenters. The van der Waals surface area contributed by atoms with Crippen LogP contribution in [0.15, 0.2) is 0 Å². The Morgan fingerprint density at radius 1 is 0.958 bits per heavy atom. The zero-order chi connectivity index (χ0) is 17.3. The van der Waals surface area contributed by atoms with Crippen LogP contribution in [0.2, 0.25) is 18.1 Å². The lowest BCUT2D eigenvalue weighted by Gasteiger charge is -2.32. The molecule has 2 rings (SSSR count). The van der Waals surface area contributed by atoms with Crippen LogP contribution in [0.4, 0.5) is 0 Å². The molecule has 0 aliphatic carbocycles. The molecule has 0 aromatic rings. The van der Waals surface area contributed by atoms with Crippen LogP contribution in [0, 0.1) is 0 Å². The number of hydrogen-bond acceptors (Lipinski definition) is 5. The highest BCUT2D eigenvalue weighted by Crippen LogP contribution is 2.32. The minimum atomic E-state index is -1.61. The van der Waals surface area contributed by atoms with Gasteiger partial charge in [-0.05, 0) is 31.0 Å². The lowest BCUT2D eigenvalue weighted by Crippen LogP contribution is -2.37. The summed E-state index contributed by atoms with van der Waals surface area (Å²) in [6.07, 6.45) is 6.71. The van der Waals surface area contributed by atoms with Crippen molar-refractivity contribution in [1.82, 2.24) is 0 Å². The third-order valence-corrected chi connectivity index (χ3v) is 9.96. The molecule has 4 unspecified atom stereocenters. The molecule has 0 N–H and O–H groups in total. The molecule has 0 saturated carbocycles. The minimum absolute atomic E-state index is 0.379. The van der Waals surface area contributed by atoms with E-state index in [9.17, 15) is 0 Å². The quantitative estimate of drug-likeness (QED) is 0.240. The van der Waals surface area contributed by atoms with Gasteiger partial charge in [0, 0.05) is 20.3 Å². The van der Waals surface area contributed by atoms with Gasteiger partial charge in [0.15, 0.2) is 8.32 Å². The van der Waals surface area contributed by atoms with Crippen molar-refractivity contribution in [3.63, 3.8) is 0 Å². The van der Waals surface area contributed by atoms with Gasteiger partial charge in [-0.25, -0.2) is 0 Å². The van der Waals surface area contributed by atoms with Gasteiger partial charge in [-0.1, -0.05) is 26.2 Å². The van der Waals surface area contributed by atoms with E-state index in [1.54, 1.807) is 0 Å². The van der Waals surface area contributed by atoms with Crippen LogP contribution in [-0.2, 0) is 23.4 Å². The van der Waals surface area contributed by atoms with Crippen molar-refractivity contribution in [2.75, 3.05) is 46.8 Å². The molecule has 0 aromatic carbocycles. The highest BCUT2D eigenvalue weighted by atomic mass is 28.4. The van der Waals surface area contributed by atoms with Crippen LogP contribution in [0.5, 0.6) is 0 Å². The van der Waals surface area contributed by atoms with Crippen LogP contribution in [0.25, 0.3) is 0 Å². The lowest BCUT2D eigenvalue weighted by atomic mass is 10.2. The van der Waals surface area contributed by atoms with Gasteiger partial charge >= 0.3 is 0 Å². The molecule has 0 radical (unpaired) electrons. The van der Waals surface area contributed by atoms with E-state index in [1.807, 2.05) is 7.11 Å². The molecule has 0 amide bonds. The summed E-state index contributed by atoms with van der Waals surface area (Å²) in [5.74, 6) is 0. The topological polar surface area (TPSA) is 52.8 Å². The maximum atomic E-state index is 6.00. The SMILES string of the molecule is CO[Si](C)(CCCCOCC1CO1)C(C)CCCCOCC1CO1. The van der Waals surface area contributed by atoms with E-state index in [1.165, 1.54) is 25.3 Å². The van der Waals surface area contributed by atoms with Gasteiger partial charge in [-0.3, -0.25) is 0 Å². The first kappa shape index (κ1) is 20.3. The molecular weight excluding hydrogens is 324 g/mol. The first-order valence-electron chi connectivity index (χ1n) is 9.58. The fourth-order valence-corrected chi connectivity index (χ4v) is 5.81. The van der Waals surface area contributed by atoms with E-state index in [-0.39, 0.29) is 0 Å². The molecular formula is C18H36O5Si. The van der Waals surface area contributed by atoms with Crippen molar-refractivity contribution in [1.29, 1.82) is 0 Å². The molecule has 2 saturated heterocycles. The molecule has 0 bridgehead atoms. The Morgan fingerprint density at radius 3 is 2.00 bits per heavy atom. The summed E-state index contributed by atoms with van der Waals surface area (Å²) in [5, 5.41) is 0. The van der Waals surface area contributed by atoms with Crippen molar-refractivity contribution in [3.05, 3.63) is 0 Å². The first-order chi connectivity index (χ1) is 11.6. The Balaban J connectivity index is 1.47. The summed E-state index contributed by atoms with van der Waals surface area (Å²) in [6, 6.07) is 1.23. The molecule has 142 valence electrons. The molecule has 2 aliphatic heterocycles. The largest absolute Gasteiger partial charge is 0.420 e. The third-order valence-electron chi connectivity index (χ3n) is 5.31. The highest BCUT2D eigenvalue weighted by molar-refractivity contribution is 6.73. The van der Waals surface area contributed by atoms with Gasteiger partial charge in [0.25, 0.3) is 0 Å². The third kappa shape index (κ3) is 8.40. The average molecular weight is 361 g/mol. The van der Waals surface area contributed by atoms with Gasteiger partial charge < -0.3 is 23.4 Å². The molecule has 0 spiro atoms. The average Bonchev–Trinajstić information content (AvgIpc) is 3.47. The Kier molecular flexibility index (Phi) is 9.22. The maximum absolute atomic E-state index is 6.00. The zero-order valence-electron chi connectivity index (χ0n) is 15.8. The van der Waals surface area contributed by atoms with E-state index < -0.39 is 8.32 Å². The van der Waals surface area contributed by atoms with E-state index in [0.29, 0.717) is 17.7 Å². The Labute approximate surface area is 148 Å². The number of epoxide rings is 2. The maximum Gasteiger partial charge on any atom is 0.192 e. The van der Waals surface area contributed by atoms with Crippen molar-refractivity contribution < 1.29 is 23.4 Å². The van der Waals surface area contributed by atoms with Crippen LogP contribution in [-0.4, -0.2) is 67.3 Å². The number of hydrogen-bond donors (Lipinski definition) is 0. The van der Waals surface area contributed by atoms with Crippen molar-refractivity contribution >= 4 is 8.32 Å². The summed E-state index contributed by atoms with van der Waals surface area (Å²) in [7, 11) is 0.291. The molecule has 0 aromatic heterocycles. The Morgan fingerprint density at radius 2 is 1.50 bits per heavy atom. The summed E-state index contributed by atoms with van der Waals surface area (Å²) in [5.41, 5.74) is 0.690. The summed E-state index contributed by atoms with van der Waals surface area (Å²) < 4.78 is 27.5. The molecule has 24 heavy (non-hydrogen) atoms. The smallest absolute Gasteiger partial charge is 0.192 e. The van der Waals surface area contributed by atoms with Gasteiger partial charge in [0.05, 0.1) is 26.4 Å². The molecule has 2 fully saturated rings. The predicted molar refractivity (Wildman–Crippen MR) is 97.1 cm³/mol. The first-order valence-corrected chi connectivity index (χ1v) is 12.3. The summed E-state index contributed by atoms with van der Waals surface area (Å²) >= 11 is 0. The van der Waals surface area contributed by atoms with Gasteiger partial charge in [-0.15, -0.1) is 0 Å². The molecule has 5 nitrogen and oxygen atoms in total. The van der Waals surface area contributed by atoms with Gasteiger partial charge in [0.1, 0.15) is 12.2 Å². The summed E-state index contributed by atoms with van der Waals surface area (Å²) in [4.78, 5) is 0. The van der Waals surface area contributed by atoms with Crippen LogP contribution < -0.4 is 0 Å². The fourth-order valence-electron chi connectivity index (χ4n) is 2.95. The standard InChI is InChI=1S/C18H36O5Si/c1-16(8-4-5-9-20-12-17-14-22-17)24(3,19-2)11-7-6-10-21-13-18-15-23-18/h16-18H,4-15H2,1-3H3. The van der Waals surface area contributed by atoms with Gasteiger partial charge in [0.2, 0.25) is 0 Å². The van der Waals surface area contributed by atoms with E-state index in [0.717, 1.165) is 52.5 Å². The highest BCUT2D eigenvalue weighted by Gasteiger charge is 2.33. The van der Waals surface area contributed by atoms with Crippen LogP contribution >= 0.6 is 0 Å². The second-order valence-electron chi connectivity index (χ2n) is 7.43. The predicted octanol–water partition coefficient (Wildman–Crippen LogP) is 3.38. The second-order valence-corrected chi connectivity index (χ2v) is 12.0. The van der Waals surface area contributed by atoms with Gasteiger partial charge in [-0.2, -0.15) is 0 Å². The van der Waals surface area contributed by atoms with E-state index in [2.05, 4.69) is 13.5 Å². The summed E-state index contributed by atoms with van der Waals surface area (Å²) in [6.45, 7) is 9.77. The van der Waals surface area contributed by atoms with Crippen LogP contribution in [0.3, 0.4) is 0 Å². The van der Waals surface area contributed by atoms with Crippen molar-refractivity contribution in [2.24, 2.45) is 0 Å². The molecule has 6 heteroatoms. The lowest BCUT2D eigenvalue weighted by molar-refractivity contribution is 0.112. The minimum Gasteiger partial charge on any atom is -0.420 e. The van der Waals surface area contributed by atoms with E-state index >= 15 is 0 Å². The van der Waals surface area contributed by atoms with Crippen molar-refractivity contribution in [2.45, 2.75) is 69.4 Å². The van der Waals surface area contributed by atoms with E-state index in [4.69, 9.17) is 23.4 Å².